The maximum atomic E-state index is 12.3. The Morgan fingerprint density at radius 2 is 1.86 bits per heavy atom. The molecule has 2 aliphatic rings. The van der Waals surface area contributed by atoms with Gasteiger partial charge >= 0.3 is 12.0 Å². The Labute approximate surface area is 127 Å². The summed E-state index contributed by atoms with van der Waals surface area (Å²) in [5.74, 6) is 0.695. The van der Waals surface area contributed by atoms with Crippen molar-refractivity contribution in [2.24, 2.45) is 17.8 Å². The number of likely N-dealkylation sites (tertiary alicyclic amines) is 1. The van der Waals surface area contributed by atoms with Crippen LogP contribution in [-0.4, -0.2) is 41.1 Å². The molecule has 2 N–H and O–H groups in total. The van der Waals surface area contributed by atoms with Crippen LogP contribution in [0.15, 0.2) is 0 Å². The molecular formula is C16H28N2O3. The van der Waals surface area contributed by atoms with Crippen LogP contribution in [-0.2, 0) is 4.79 Å². The van der Waals surface area contributed by atoms with E-state index in [2.05, 4.69) is 5.32 Å². The molecule has 5 heteroatoms. The van der Waals surface area contributed by atoms with Gasteiger partial charge in [-0.2, -0.15) is 0 Å². The number of carbonyl (C=O) groups is 2. The highest BCUT2D eigenvalue weighted by molar-refractivity contribution is 5.82. The molecule has 1 saturated carbocycles. The number of hydrogen-bond acceptors (Lipinski definition) is 2. The topological polar surface area (TPSA) is 69.6 Å². The van der Waals surface area contributed by atoms with Gasteiger partial charge in [-0.25, -0.2) is 9.59 Å². The van der Waals surface area contributed by atoms with Crippen molar-refractivity contribution in [3.8, 4) is 0 Å². The molecule has 0 spiro atoms. The third-order valence-corrected chi connectivity index (χ3v) is 4.88. The quantitative estimate of drug-likeness (QED) is 0.838. The Balaban J connectivity index is 1.88. The molecule has 1 aliphatic heterocycles. The summed E-state index contributed by atoms with van der Waals surface area (Å²) in [7, 11) is 0. The highest BCUT2D eigenvalue weighted by atomic mass is 16.4. The molecule has 5 nitrogen and oxygen atoms in total. The largest absolute Gasteiger partial charge is 0.480 e. The first-order valence-electron chi connectivity index (χ1n) is 8.25. The van der Waals surface area contributed by atoms with E-state index in [1.54, 1.807) is 0 Å². The molecule has 2 amide bonds. The number of carbonyl (C=O) groups excluding carboxylic acids is 1. The number of hydrogen-bond donors (Lipinski definition) is 2. The first-order valence-corrected chi connectivity index (χ1v) is 8.25. The summed E-state index contributed by atoms with van der Waals surface area (Å²) in [4.78, 5) is 25.4. The van der Waals surface area contributed by atoms with Crippen LogP contribution in [0.5, 0.6) is 0 Å². The lowest BCUT2D eigenvalue weighted by atomic mass is 9.75. The van der Waals surface area contributed by atoms with Crippen molar-refractivity contribution < 1.29 is 14.7 Å². The van der Waals surface area contributed by atoms with E-state index in [1.807, 2.05) is 18.7 Å². The summed E-state index contributed by atoms with van der Waals surface area (Å²) >= 11 is 0. The van der Waals surface area contributed by atoms with Crippen molar-refractivity contribution >= 4 is 12.0 Å². The molecule has 1 aliphatic carbocycles. The first-order chi connectivity index (χ1) is 9.97. The number of aliphatic carboxylic acids is 1. The molecule has 1 saturated heterocycles. The molecule has 0 bridgehead atoms. The zero-order chi connectivity index (χ0) is 15.4. The smallest absolute Gasteiger partial charge is 0.326 e. The Hall–Kier alpha value is -1.26. The van der Waals surface area contributed by atoms with E-state index in [4.69, 9.17) is 0 Å². The van der Waals surface area contributed by atoms with Crippen LogP contribution in [0.3, 0.4) is 0 Å². The summed E-state index contributed by atoms with van der Waals surface area (Å²) in [6.45, 7) is 5.50. The molecule has 2 rings (SSSR count). The van der Waals surface area contributed by atoms with Crippen LogP contribution in [0.1, 0.15) is 52.4 Å². The molecule has 2 fully saturated rings. The van der Waals surface area contributed by atoms with Gasteiger partial charge in [-0.05, 0) is 37.0 Å². The number of rotatable bonds is 4. The molecule has 0 aromatic rings. The van der Waals surface area contributed by atoms with Crippen molar-refractivity contribution in [2.75, 3.05) is 13.1 Å². The molecule has 3 unspecified atom stereocenters. The van der Waals surface area contributed by atoms with Crippen LogP contribution >= 0.6 is 0 Å². The molecule has 0 radical (unpaired) electrons. The Kier molecular flexibility index (Phi) is 5.48. The van der Waals surface area contributed by atoms with Gasteiger partial charge in [0.2, 0.25) is 0 Å². The van der Waals surface area contributed by atoms with Crippen molar-refractivity contribution in [3.63, 3.8) is 0 Å². The normalized spacial score (nSPS) is 27.1. The van der Waals surface area contributed by atoms with Gasteiger partial charge in [0.25, 0.3) is 0 Å². The summed E-state index contributed by atoms with van der Waals surface area (Å²) in [5, 5.41) is 11.9. The highest BCUT2D eigenvalue weighted by Crippen LogP contribution is 2.35. The van der Waals surface area contributed by atoms with E-state index in [-0.39, 0.29) is 11.9 Å². The van der Waals surface area contributed by atoms with Gasteiger partial charge in [0, 0.05) is 13.1 Å². The average molecular weight is 296 g/mol. The third kappa shape index (κ3) is 4.35. The summed E-state index contributed by atoms with van der Waals surface area (Å²) < 4.78 is 0. The van der Waals surface area contributed by atoms with Crippen LogP contribution < -0.4 is 5.32 Å². The second-order valence-corrected chi connectivity index (χ2v) is 7.01. The lowest BCUT2D eigenvalue weighted by molar-refractivity contribution is -0.139. The fraction of sp³-hybridized carbons (Fsp3) is 0.875. The minimum atomic E-state index is -0.940. The molecular weight excluding hydrogens is 268 g/mol. The molecule has 0 aromatic carbocycles. The van der Waals surface area contributed by atoms with Crippen molar-refractivity contribution in [3.05, 3.63) is 0 Å². The van der Waals surface area contributed by atoms with Gasteiger partial charge < -0.3 is 15.3 Å². The third-order valence-electron chi connectivity index (χ3n) is 4.88. The Morgan fingerprint density at radius 3 is 2.48 bits per heavy atom. The Bertz CT molecular complexity index is 384. The lowest BCUT2D eigenvalue weighted by Crippen LogP contribution is -2.52. The molecule has 3 atom stereocenters. The number of amides is 2. The second-order valence-electron chi connectivity index (χ2n) is 7.01. The first kappa shape index (κ1) is 16.1. The van der Waals surface area contributed by atoms with Crippen LogP contribution in [0.2, 0.25) is 0 Å². The molecule has 21 heavy (non-hydrogen) atoms. The average Bonchev–Trinajstić information content (AvgIpc) is 2.45. The molecule has 0 aromatic heterocycles. The van der Waals surface area contributed by atoms with Crippen LogP contribution in [0.25, 0.3) is 0 Å². The monoisotopic (exact) mass is 296 g/mol. The Morgan fingerprint density at radius 1 is 1.19 bits per heavy atom. The number of urea groups is 1. The van der Waals surface area contributed by atoms with Crippen molar-refractivity contribution in [1.82, 2.24) is 10.2 Å². The molecule has 1 heterocycles. The number of nitrogens with one attached hydrogen (secondary N) is 1. The lowest BCUT2D eigenvalue weighted by Gasteiger charge is -2.41. The van der Waals surface area contributed by atoms with E-state index in [0.717, 1.165) is 25.4 Å². The summed E-state index contributed by atoms with van der Waals surface area (Å²) in [6, 6.07) is -0.978. The maximum absolute atomic E-state index is 12.3. The second kappa shape index (κ2) is 7.14. The van der Waals surface area contributed by atoms with E-state index < -0.39 is 12.0 Å². The SMILES string of the molecule is CC(C)CC(NC(=O)N1CCC2CCCCC2C1)C(=O)O. The van der Waals surface area contributed by atoms with Gasteiger partial charge in [0.1, 0.15) is 6.04 Å². The standard InChI is InChI=1S/C16H28N2O3/c1-11(2)9-14(15(19)20)17-16(21)18-8-7-12-5-3-4-6-13(12)10-18/h11-14H,3-10H2,1-2H3,(H,17,21)(H,19,20). The van der Waals surface area contributed by atoms with Gasteiger partial charge in [-0.1, -0.05) is 33.1 Å². The zero-order valence-electron chi connectivity index (χ0n) is 13.2. The molecule has 120 valence electrons. The van der Waals surface area contributed by atoms with E-state index >= 15 is 0 Å². The van der Waals surface area contributed by atoms with Gasteiger partial charge in [-0.3, -0.25) is 0 Å². The number of piperidine rings is 1. The zero-order valence-corrected chi connectivity index (χ0v) is 13.2. The van der Waals surface area contributed by atoms with Gasteiger partial charge in [-0.15, -0.1) is 0 Å². The van der Waals surface area contributed by atoms with E-state index in [1.165, 1.54) is 25.7 Å². The number of carboxylic acids is 1. The minimum Gasteiger partial charge on any atom is -0.480 e. The fourth-order valence-electron chi connectivity index (χ4n) is 3.72. The van der Waals surface area contributed by atoms with Crippen LogP contribution in [0.4, 0.5) is 4.79 Å². The van der Waals surface area contributed by atoms with E-state index in [9.17, 15) is 14.7 Å². The fourth-order valence-corrected chi connectivity index (χ4v) is 3.72. The maximum Gasteiger partial charge on any atom is 0.326 e. The number of nitrogens with zero attached hydrogens (tertiary/aromatic N) is 1. The number of fused-ring (bicyclic) bond motifs is 1. The highest BCUT2D eigenvalue weighted by Gasteiger charge is 2.34. The van der Waals surface area contributed by atoms with Crippen molar-refractivity contribution in [2.45, 2.75) is 58.4 Å². The van der Waals surface area contributed by atoms with Gasteiger partial charge in [0.15, 0.2) is 0 Å². The summed E-state index contributed by atoms with van der Waals surface area (Å²) in [5.41, 5.74) is 0. The van der Waals surface area contributed by atoms with Crippen LogP contribution in [0, 0.1) is 17.8 Å². The number of carboxylic acid groups (broad SMARTS) is 1. The van der Waals surface area contributed by atoms with E-state index in [0.29, 0.717) is 12.3 Å². The van der Waals surface area contributed by atoms with Gasteiger partial charge in [0.05, 0.1) is 0 Å². The summed E-state index contributed by atoms with van der Waals surface area (Å²) in [6.07, 6.45) is 6.64. The minimum absolute atomic E-state index is 0.202. The predicted octanol–water partition coefficient (Wildman–Crippen LogP) is 2.71. The van der Waals surface area contributed by atoms with Crippen molar-refractivity contribution in [1.29, 1.82) is 0 Å². The predicted molar refractivity (Wildman–Crippen MR) is 81.0 cm³/mol.